The lowest BCUT2D eigenvalue weighted by Gasteiger charge is -2.10. The van der Waals surface area contributed by atoms with Gasteiger partial charge in [-0.3, -0.25) is 0 Å². The number of benzene rings is 1. The summed E-state index contributed by atoms with van der Waals surface area (Å²) in [5, 5.41) is 7.63. The quantitative estimate of drug-likeness (QED) is 0.320. The number of nitrogens with one attached hydrogen (secondary N) is 2. The Morgan fingerprint density at radius 2 is 2.04 bits per heavy atom. The van der Waals surface area contributed by atoms with E-state index < -0.39 is 0 Å². The van der Waals surface area contributed by atoms with Gasteiger partial charge in [-0.05, 0) is 44.5 Å². The monoisotopic (exact) mass is 540 g/mol. The van der Waals surface area contributed by atoms with E-state index in [-0.39, 0.29) is 29.8 Å². The molecule has 0 fully saturated rings. The van der Waals surface area contributed by atoms with Crippen molar-refractivity contribution < 1.29 is 4.39 Å². The summed E-state index contributed by atoms with van der Waals surface area (Å²) in [7, 11) is 0. The third kappa shape index (κ3) is 7.57. The van der Waals surface area contributed by atoms with Gasteiger partial charge in [-0.25, -0.2) is 14.4 Å². The Balaban J connectivity index is 0.00000312. The normalized spacial score (nSPS) is 11.2. The van der Waals surface area contributed by atoms with Gasteiger partial charge in [0.05, 0.1) is 17.2 Å². The van der Waals surface area contributed by atoms with Gasteiger partial charge in [0.25, 0.3) is 0 Å². The van der Waals surface area contributed by atoms with Crippen molar-refractivity contribution in [3.8, 4) is 0 Å². The minimum atomic E-state index is -0.262. The molecule has 2 aromatic rings. The molecule has 0 saturated carbocycles. The lowest BCUT2D eigenvalue weighted by atomic mass is 10.2. The van der Waals surface area contributed by atoms with Gasteiger partial charge in [0, 0.05) is 28.9 Å². The molecule has 0 aliphatic rings. The van der Waals surface area contributed by atoms with E-state index >= 15 is 0 Å². The molecule has 8 heteroatoms. The first kappa shape index (κ1) is 22.3. The predicted octanol–water partition coefficient (Wildman–Crippen LogP) is 4.58. The molecule has 0 aliphatic heterocycles. The van der Waals surface area contributed by atoms with Crippen molar-refractivity contribution in [3.63, 3.8) is 0 Å². The molecule has 25 heavy (non-hydrogen) atoms. The minimum Gasteiger partial charge on any atom is -0.357 e. The van der Waals surface area contributed by atoms with Crippen LogP contribution in [-0.4, -0.2) is 24.0 Å². The molecule has 0 amide bonds. The van der Waals surface area contributed by atoms with E-state index in [2.05, 4.69) is 43.5 Å². The van der Waals surface area contributed by atoms with E-state index in [1.165, 1.54) is 17.0 Å². The van der Waals surface area contributed by atoms with E-state index in [0.717, 1.165) is 46.2 Å². The highest BCUT2D eigenvalue weighted by atomic mass is 127. The van der Waals surface area contributed by atoms with Crippen LogP contribution in [0.1, 0.15) is 28.1 Å². The Labute approximate surface area is 177 Å². The SMILES string of the molecule is CCNC(=NCc1cc(F)cc(Br)c1)NCCc1nc(C)c(C)s1.I. The molecule has 1 aromatic heterocycles. The van der Waals surface area contributed by atoms with Crippen LogP contribution >= 0.6 is 51.2 Å². The van der Waals surface area contributed by atoms with Gasteiger partial charge in [0.1, 0.15) is 5.82 Å². The third-order valence-electron chi connectivity index (χ3n) is 3.39. The summed E-state index contributed by atoms with van der Waals surface area (Å²) < 4.78 is 14.1. The van der Waals surface area contributed by atoms with Gasteiger partial charge in [-0.1, -0.05) is 15.9 Å². The molecule has 0 radical (unpaired) electrons. The zero-order valence-electron chi connectivity index (χ0n) is 14.5. The molecule has 0 atom stereocenters. The summed E-state index contributed by atoms with van der Waals surface area (Å²) in [6, 6.07) is 4.81. The zero-order chi connectivity index (χ0) is 17.5. The van der Waals surface area contributed by atoms with Crippen molar-refractivity contribution in [1.82, 2.24) is 15.6 Å². The number of nitrogens with zero attached hydrogens (tertiary/aromatic N) is 2. The average molecular weight is 541 g/mol. The summed E-state index contributed by atoms with van der Waals surface area (Å²) in [6.45, 7) is 8.09. The summed E-state index contributed by atoms with van der Waals surface area (Å²) in [5.74, 6) is 0.463. The van der Waals surface area contributed by atoms with Crippen molar-refractivity contribution in [3.05, 3.63) is 49.6 Å². The highest BCUT2D eigenvalue weighted by Gasteiger charge is 2.04. The van der Waals surface area contributed by atoms with Crippen LogP contribution in [0.3, 0.4) is 0 Å². The third-order valence-corrected chi connectivity index (χ3v) is 4.98. The maximum absolute atomic E-state index is 13.4. The van der Waals surface area contributed by atoms with Crippen LogP contribution in [0, 0.1) is 19.7 Å². The van der Waals surface area contributed by atoms with Crippen LogP contribution in [0.4, 0.5) is 4.39 Å². The molecule has 2 N–H and O–H groups in total. The molecule has 0 unspecified atom stereocenters. The van der Waals surface area contributed by atoms with Gasteiger partial charge in [0.2, 0.25) is 0 Å². The molecule has 0 bridgehead atoms. The Morgan fingerprint density at radius 1 is 1.28 bits per heavy atom. The molecule has 1 heterocycles. The van der Waals surface area contributed by atoms with Crippen LogP contribution in [-0.2, 0) is 13.0 Å². The van der Waals surface area contributed by atoms with Crippen LogP contribution in [0.2, 0.25) is 0 Å². The standard InChI is InChI=1S/C17H22BrFN4S.HI/c1-4-20-17(21-6-5-16-23-11(2)12(3)24-16)22-10-13-7-14(18)9-15(19)8-13;/h7-9H,4-6,10H2,1-3H3,(H2,20,21,22);1H. The van der Waals surface area contributed by atoms with Crippen LogP contribution in [0.5, 0.6) is 0 Å². The topological polar surface area (TPSA) is 49.3 Å². The summed E-state index contributed by atoms with van der Waals surface area (Å²) in [6.07, 6.45) is 0.856. The highest BCUT2D eigenvalue weighted by molar-refractivity contribution is 14.0. The van der Waals surface area contributed by atoms with Crippen molar-refractivity contribution in [2.24, 2.45) is 4.99 Å². The van der Waals surface area contributed by atoms with Crippen molar-refractivity contribution in [1.29, 1.82) is 0 Å². The average Bonchev–Trinajstić information content (AvgIpc) is 2.82. The molecule has 0 aliphatic carbocycles. The molecular weight excluding hydrogens is 518 g/mol. The maximum atomic E-state index is 13.4. The van der Waals surface area contributed by atoms with Gasteiger partial charge in [0.15, 0.2) is 5.96 Å². The van der Waals surface area contributed by atoms with Gasteiger partial charge >= 0.3 is 0 Å². The first-order chi connectivity index (χ1) is 11.5. The second-order valence-electron chi connectivity index (χ2n) is 5.40. The second-order valence-corrected chi connectivity index (χ2v) is 7.60. The Bertz CT molecular complexity index is 681. The fourth-order valence-corrected chi connectivity index (χ4v) is 3.59. The Hall–Kier alpha value is -0.740. The first-order valence-electron chi connectivity index (χ1n) is 7.88. The zero-order valence-corrected chi connectivity index (χ0v) is 19.3. The first-order valence-corrected chi connectivity index (χ1v) is 9.49. The number of aromatic nitrogens is 1. The number of hydrogen-bond donors (Lipinski definition) is 2. The fourth-order valence-electron chi connectivity index (χ4n) is 2.15. The predicted molar refractivity (Wildman–Crippen MR) is 118 cm³/mol. The maximum Gasteiger partial charge on any atom is 0.191 e. The van der Waals surface area contributed by atoms with Crippen LogP contribution < -0.4 is 10.6 Å². The Morgan fingerprint density at radius 3 is 2.64 bits per heavy atom. The number of rotatable bonds is 6. The summed E-state index contributed by atoms with van der Waals surface area (Å²) in [5.41, 5.74) is 1.93. The minimum absolute atomic E-state index is 0. The van der Waals surface area contributed by atoms with E-state index in [9.17, 15) is 4.39 Å². The number of aryl methyl sites for hydroxylation is 2. The molecule has 4 nitrogen and oxygen atoms in total. The van der Waals surface area contributed by atoms with E-state index in [4.69, 9.17) is 0 Å². The van der Waals surface area contributed by atoms with E-state index in [0.29, 0.717) is 6.54 Å². The molecule has 2 rings (SSSR count). The van der Waals surface area contributed by atoms with Crippen molar-refractivity contribution in [2.45, 2.75) is 33.7 Å². The second kappa shape index (κ2) is 11.1. The molecule has 0 saturated heterocycles. The van der Waals surface area contributed by atoms with Crippen LogP contribution in [0.15, 0.2) is 27.7 Å². The number of hydrogen-bond acceptors (Lipinski definition) is 3. The van der Waals surface area contributed by atoms with Crippen molar-refractivity contribution in [2.75, 3.05) is 13.1 Å². The Kier molecular flexibility index (Phi) is 9.88. The fraction of sp³-hybridized carbons (Fsp3) is 0.412. The molecule has 1 aromatic carbocycles. The lowest BCUT2D eigenvalue weighted by molar-refractivity contribution is 0.624. The van der Waals surface area contributed by atoms with E-state index in [1.54, 1.807) is 11.3 Å². The van der Waals surface area contributed by atoms with Gasteiger partial charge < -0.3 is 10.6 Å². The van der Waals surface area contributed by atoms with E-state index in [1.807, 2.05) is 19.9 Å². The van der Waals surface area contributed by atoms with Gasteiger partial charge in [-0.2, -0.15) is 0 Å². The molecular formula is C17H23BrFIN4S. The smallest absolute Gasteiger partial charge is 0.191 e. The number of aliphatic imine (C=N–C) groups is 1. The van der Waals surface area contributed by atoms with Crippen LogP contribution in [0.25, 0.3) is 0 Å². The summed E-state index contributed by atoms with van der Waals surface area (Å²) in [4.78, 5) is 10.3. The number of guanidine groups is 1. The number of thiazole rings is 1. The highest BCUT2D eigenvalue weighted by Crippen LogP contribution is 2.17. The largest absolute Gasteiger partial charge is 0.357 e. The summed E-state index contributed by atoms with van der Waals surface area (Å²) >= 11 is 5.04. The lowest BCUT2D eigenvalue weighted by Crippen LogP contribution is -2.38. The molecule has 138 valence electrons. The van der Waals surface area contributed by atoms with Crippen molar-refractivity contribution >= 4 is 57.2 Å². The molecule has 0 spiro atoms. The van der Waals surface area contributed by atoms with Gasteiger partial charge in [-0.15, -0.1) is 35.3 Å². The number of halogens is 3.